The molecule has 6 heteroatoms. The van der Waals surface area contributed by atoms with Gasteiger partial charge in [-0.1, -0.05) is 55.8 Å². The lowest BCUT2D eigenvalue weighted by molar-refractivity contribution is -0.160. The summed E-state index contributed by atoms with van der Waals surface area (Å²) in [5.74, 6) is -1.30. The Morgan fingerprint density at radius 2 is 1.55 bits per heavy atom. The summed E-state index contributed by atoms with van der Waals surface area (Å²) in [4.78, 5) is 53.2. The first-order valence-corrected chi connectivity index (χ1v) is 11.1. The van der Waals surface area contributed by atoms with Gasteiger partial charge in [0.2, 0.25) is 11.8 Å². The molecule has 1 saturated heterocycles. The van der Waals surface area contributed by atoms with Crippen LogP contribution in [0.5, 0.6) is 0 Å². The average molecular weight is 421 g/mol. The molecule has 1 aromatic rings. The Labute approximate surface area is 181 Å². The minimum atomic E-state index is -1.01. The molecule has 0 N–H and O–H groups in total. The van der Waals surface area contributed by atoms with E-state index in [0.29, 0.717) is 17.4 Å². The van der Waals surface area contributed by atoms with Gasteiger partial charge < -0.3 is 4.74 Å². The molecule has 162 valence electrons. The second kappa shape index (κ2) is 7.14. The van der Waals surface area contributed by atoms with E-state index in [9.17, 15) is 19.2 Å². The fourth-order valence-corrected chi connectivity index (χ4v) is 5.97. The van der Waals surface area contributed by atoms with E-state index in [0.717, 1.165) is 16.9 Å². The zero-order chi connectivity index (χ0) is 22.0. The highest BCUT2D eigenvalue weighted by Gasteiger charge is 2.68. The summed E-state index contributed by atoms with van der Waals surface area (Å²) in [7, 11) is 0. The molecule has 7 atom stereocenters. The van der Waals surface area contributed by atoms with Crippen LogP contribution in [-0.2, 0) is 19.1 Å². The zero-order valence-corrected chi connectivity index (χ0v) is 18.0. The lowest BCUT2D eigenvalue weighted by Gasteiger charge is -2.37. The molecule has 7 unspecified atom stereocenters. The van der Waals surface area contributed by atoms with E-state index in [1.165, 1.54) is 0 Å². The first-order valence-electron chi connectivity index (χ1n) is 11.1. The highest BCUT2D eigenvalue weighted by Crippen LogP contribution is 2.65. The number of aryl methyl sites for hydroxylation is 1. The monoisotopic (exact) mass is 421 g/mol. The lowest BCUT2D eigenvalue weighted by Crippen LogP contribution is -2.49. The van der Waals surface area contributed by atoms with Crippen LogP contribution in [0.1, 0.15) is 36.2 Å². The number of likely N-dealkylation sites (tertiary alicyclic amines) is 1. The van der Waals surface area contributed by atoms with Gasteiger partial charge >= 0.3 is 5.97 Å². The van der Waals surface area contributed by atoms with Gasteiger partial charge in [-0.15, -0.1) is 0 Å². The number of nitrogens with zero attached hydrogens (tertiary/aromatic N) is 1. The van der Waals surface area contributed by atoms with Gasteiger partial charge in [0.1, 0.15) is 6.04 Å². The van der Waals surface area contributed by atoms with Gasteiger partial charge in [0.05, 0.1) is 11.8 Å². The van der Waals surface area contributed by atoms with Crippen LogP contribution in [0.15, 0.2) is 36.4 Å². The van der Waals surface area contributed by atoms with Crippen molar-refractivity contribution in [2.24, 2.45) is 41.4 Å². The fraction of sp³-hybridized carbons (Fsp3) is 0.520. The first kappa shape index (κ1) is 20.2. The number of hydrogen-bond donors (Lipinski definition) is 0. The van der Waals surface area contributed by atoms with E-state index in [4.69, 9.17) is 4.74 Å². The highest BCUT2D eigenvalue weighted by atomic mass is 16.5. The second-order valence-electron chi connectivity index (χ2n) is 9.79. The predicted octanol–water partition coefficient (Wildman–Crippen LogP) is 2.80. The lowest BCUT2D eigenvalue weighted by atomic mass is 9.63. The van der Waals surface area contributed by atoms with Crippen molar-refractivity contribution >= 4 is 23.6 Å². The van der Waals surface area contributed by atoms with Gasteiger partial charge in [-0.25, -0.2) is 4.79 Å². The molecular weight excluding hydrogens is 394 g/mol. The van der Waals surface area contributed by atoms with Crippen molar-refractivity contribution in [3.8, 4) is 0 Å². The van der Waals surface area contributed by atoms with Crippen molar-refractivity contribution in [3.63, 3.8) is 0 Å². The van der Waals surface area contributed by atoms with Crippen LogP contribution in [0.2, 0.25) is 0 Å². The Bertz CT molecular complexity index is 958. The van der Waals surface area contributed by atoms with Gasteiger partial charge in [0.15, 0.2) is 12.4 Å². The minimum absolute atomic E-state index is 0.105. The highest BCUT2D eigenvalue weighted by molar-refractivity contribution is 6.09. The number of Topliss-reactive ketones (excluding diaryl/α,β-unsaturated/α-hetero) is 1. The second-order valence-corrected chi connectivity index (χ2v) is 9.79. The SMILES string of the molecule is Cc1ccc(C(=O)COC(=O)C(C(C)C)N2C(=O)C3C4C=CC(C5CC45)C3C2=O)cc1. The number of esters is 1. The number of imide groups is 1. The van der Waals surface area contributed by atoms with Crippen LogP contribution in [0.25, 0.3) is 0 Å². The van der Waals surface area contributed by atoms with Crippen LogP contribution in [0.4, 0.5) is 0 Å². The summed E-state index contributed by atoms with van der Waals surface area (Å²) >= 11 is 0. The molecule has 0 radical (unpaired) electrons. The molecule has 5 aliphatic rings. The third-order valence-corrected chi connectivity index (χ3v) is 7.57. The number of hydrogen-bond acceptors (Lipinski definition) is 5. The Balaban J connectivity index is 1.32. The molecule has 2 amide bonds. The number of rotatable bonds is 6. The molecular formula is C25H27NO5. The third-order valence-electron chi connectivity index (χ3n) is 7.57. The molecule has 6 rings (SSSR count). The van der Waals surface area contributed by atoms with Crippen LogP contribution < -0.4 is 0 Å². The van der Waals surface area contributed by atoms with Gasteiger partial charge in [-0.05, 0) is 42.9 Å². The average Bonchev–Trinajstić information content (AvgIpc) is 3.53. The molecule has 3 fully saturated rings. The molecule has 0 aromatic heterocycles. The summed E-state index contributed by atoms with van der Waals surface area (Å²) < 4.78 is 5.32. The summed E-state index contributed by atoms with van der Waals surface area (Å²) in [6.07, 6.45) is 5.31. The molecule has 0 spiro atoms. The van der Waals surface area contributed by atoms with Crippen LogP contribution >= 0.6 is 0 Å². The van der Waals surface area contributed by atoms with Crippen molar-refractivity contribution in [2.75, 3.05) is 6.61 Å². The summed E-state index contributed by atoms with van der Waals surface area (Å²) in [6.45, 7) is 5.10. The van der Waals surface area contributed by atoms with Crippen LogP contribution in [0, 0.1) is 48.3 Å². The Morgan fingerprint density at radius 1 is 1.00 bits per heavy atom. The van der Waals surface area contributed by atoms with Gasteiger partial charge in [-0.2, -0.15) is 0 Å². The topological polar surface area (TPSA) is 80.8 Å². The maximum atomic E-state index is 13.3. The van der Waals surface area contributed by atoms with E-state index in [1.54, 1.807) is 26.0 Å². The molecule has 31 heavy (non-hydrogen) atoms. The van der Waals surface area contributed by atoms with Crippen molar-refractivity contribution in [1.82, 2.24) is 4.90 Å². The van der Waals surface area contributed by atoms with Gasteiger partial charge in [-0.3, -0.25) is 19.3 Å². The Hall–Kier alpha value is -2.76. The largest absolute Gasteiger partial charge is 0.456 e. The van der Waals surface area contributed by atoms with E-state index < -0.39 is 18.6 Å². The van der Waals surface area contributed by atoms with E-state index in [2.05, 4.69) is 12.2 Å². The molecule has 1 heterocycles. The summed E-state index contributed by atoms with van der Waals surface area (Å²) in [5.41, 5.74) is 1.49. The number of amides is 2. The molecule has 6 nitrogen and oxygen atoms in total. The maximum absolute atomic E-state index is 13.3. The molecule has 2 saturated carbocycles. The summed E-state index contributed by atoms with van der Waals surface area (Å²) in [6, 6.07) is 6.02. The number of benzene rings is 1. The fourth-order valence-electron chi connectivity index (χ4n) is 5.97. The number of ketones is 1. The third kappa shape index (κ3) is 3.07. The van der Waals surface area contributed by atoms with Crippen LogP contribution in [0.3, 0.4) is 0 Å². The molecule has 4 aliphatic carbocycles. The van der Waals surface area contributed by atoms with Crippen molar-refractivity contribution in [1.29, 1.82) is 0 Å². The van der Waals surface area contributed by atoms with Crippen molar-refractivity contribution in [3.05, 3.63) is 47.5 Å². The smallest absolute Gasteiger partial charge is 0.330 e. The Morgan fingerprint density at radius 3 is 2.06 bits per heavy atom. The number of allylic oxidation sites excluding steroid dienone is 2. The summed E-state index contributed by atoms with van der Waals surface area (Å²) in [5, 5.41) is 0. The number of carbonyl (C=O) groups is 4. The van der Waals surface area contributed by atoms with E-state index in [-0.39, 0.29) is 47.2 Å². The maximum Gasteiger partial charge on any atom is 0.330 e. The van der Waals surface area contributed by atoms with Crippen LogP contribution in [-0.4, -0.2) is 41.1 Å². The van der Waals surface area contributed by atoms with E-state index in [1.807, 2.05) is 19.1 Å². The molecule has 2 bridgehead atoms. The van der Waals surface area contributed by atoms with Crippen molar-refractivity contribution < 1.29 is 23.9 Å². The minimum Gasteiger partial charge on any atom is -0.456 e. The quantitative estimate of drug-likeness (QED) is 0.305. The number of carbonyl (C=O) groups excluding carboxylic acids is 4. The Kier molecular flexibility index (Phi) is 4.65. The predicted molar refractivity (Wildman–Crippen MR) is 112 cm³/mol. The normalized spacial score (nSPS) is 33.4. The van der Waals surface area contributed by atoms with Gasteiger partial charge in [0, 0.05) is 5.56 Å². The standard InChI is InChI=1S/C25H27NO5/c1-12(2)22(25(30)31-11-19(27)14-6-4-13(3)5-7-14)26-23(28)20-15-8-9-16(18-10-17(15)18)21(20)24(26)29/h4-9,12,15-18,20-22H,10-11H2,1-3H3. The molecule has 1 aliphatic heterocycles. The van der Waals surface area contributed by atoms with Gasteiger partial charge in [0.25, 0.3) is 0 Å². The molecule has 1 aromatic carbocycles. The zero-order valence-electron chi connectivity index (χ0n) is 18.0. The van der Waals surface area contributed by atoms with Crippen molar-refractivity contribution in [2.45, 2.75) is 33.2 Å². The first-order chi connectivity index (χ1) is 14.8. The number of ether oxygens (including phenoxy) is 1. The van der Waals surface area contributed by atoms with E-state index >= 15 is 0 Å².